The summed E-state index contributed by atoms with van der Waals surface area (Å²) in [5, 5.41) is 2.72. The van der Waals surface area contributed by atoms with Crippen LogP contribution in [0.3, 0.4) is 0 Å². The lowest BCUT2D eigenvalue weighted by Crippen LogP contribution is -2.41. The first-order chi connectivity index (χ1) is 12.7. The standard InChI is InChI=1S/C18H19F2N3O3S/c19-18(20)8-14(9-18)12-27(25,26)22-10-13-3-5-16(6-4-13)23-17(24)15-2-1-7-21-11-15/h1-7,11,14,22H,8-10,12H2,(H,23,24). The smallest absolute Gasteiger partial charge is 0.257 e. The first kappa shape index (κ1) is 19.4. The number of benzene rings is 1. The van der Waals surface area contributed by atoms with Crippen LogP contribution in [0.25, 0.3) is 0 Å². The molecule has 0 unspecified atom stereocenters. The summed E-state index contributed by atoms with van der Waals surface area (Å²) in [4.78, 5) is 15.9. The summed E-state index contributed by atoms with van der Waals surface area (Å²) in [7, 11) is -3.62. The van der Waals surface area contributed by atoms with E-state index in [4.69, 9.17) is 0 Å². The number of alkyl halides is 2. The molecule has 0 atom stereocenters. The molecule has 144 valence electrons. The molecule has 1 aliphatic rings. The Morgan fingerprint density at radius 3 is 2.48 bits per heavy atom. The lowest BCUT2D eigenvalue weighted by Gasteiger charge is -2.34. The Kier molecular flexibility index (Phi) is 5.52. The summed E-state index contributed by atoms with van der Waals surface area (Å²) in [5.74, 6) is -3.81. The molecule has 1 saturated carbocycles. The molecule has 1 aromatic carbocycles. The molecule has 1 aliphatic carbocycles. The van der Waals surface area contributed by atoms with Crippen molar-refractivity contribution in [2.45, 2.75) is 25.3 Å². The van der Waals surface area contributed by atoms with Gasteiger partial charge in [-0.15, -0.1) is 0 Å². The topological polar surface area (TPSA) is 88.2 Å². The number of amides is 1. The molecule has 2 aromatic rings. The zero-order chi connectivity index (χ0) is 19.5. The van der Waals surface area contributed by atoms with Gasteiger partial charge >= 0.3 is 0 Å². The van der Waals surface area contributed by atoms with Gasteiger partial charge in [0, 0.05) is 37.5 Å². The molecule has 0 radical (unpaired) electrons. The van der Waals surface area contributed by atoms with Crippen LogP contribution >= 0.6 is 0 Å². The zero-order valence-electron chi connectivity index (χ0n) is 14.4. The van der Waals surface area contributed by atoms with Crippen LogP contribution in [0.5, 0.6) is 0 Å². The Morgan fingerprint density at radius 2 is 1.89 bits per heavy atom. The van der Waals surface area contributed by atoms with E-state index in [1.165, 1.54) is 6.20 Å². The molecule has 1 aromatic heterocycles. The van der Waals surface area contributed by atoms with E-state index in [9.17, 15) is 22.0 Å². The number of aromatic nitrogens is 1. The second-order valence-corrected chi connectivity index (χ2v) is 8.48. The number of hydrogen-bond acceptors (Lipinski definition) is 4. The van der Waals surface area contributed by atoms with E-state index in [-0.39, 0.29) is 31.0 Å². The van der Waals surface area contributed by atoms with Gasteiger partial charge in [-0.3, -0.25) is 9.78 Å². The molecule has 6 nitrogen and oxygen atoms in total. The van der Waals surface area contributed by atoms with Crippen molar-refractivity contribution in [2.24, 2.45) is 5.92 Å². The maximum absolute atomic E-state index is 12.8. The van der Waals surface area contributed by atoms with Gasteiger partial charge in [0.05, 0.1) is 11.3 Å². The monoisotopic (exact) mass is 395 g/mol. The van der Waals surface area contributed by atoms with E-state index in [1.54, 1.807) is 42.6 Å². The van der Waals surface area contributed by atoms with Gasteiger partial charge < -0.3 is 5.32 Å². The average Bonchev–Trinajstić information content (AvgIpc) is 2.60. The molecule has 1 amide bonds. The second-order valence-electron chi connectivity index (χ2n) is 6.63. The number of hydrogen-bond donors (Lipinski definition) is 2. The summed E-state index contributed by atoms with van der Waals surface area (Å²) < 4.78 is 52.0. The highest BCUT2D eigenvalue weighted by atomic mass is 32.2. The lowest BCUT2D eigenvalue weighted by atomic mass is 9.83. The van der Waals surface area contributed by atoms with Crippen LogP contribution in [0, 0.1) is 5.92 Å². The molecular formula is C18H19F2N3O3S. The molecule has 0 spiro atoms. The zero-order valence-corrected chi connectivity index (χ0v) is 15.2. The third kappa shape index (κ3) is 5.54. The lowest BCUT2D eigenvalue weighted by molar-refractivity contribution is -0.103. The third-order valence-corrected chi connectivity index (χ3v) is 5.76. The fourth-order valence-electron chi connectivity index (χ4n) is 2.87. The van der Waals surface area contributed by atoms with Gasteiger partial charge in [-0.25, -0.2) is 21.9 Å². The molecule has 0 bridgehead atoms. The molecule has 1 heterocycles. The van der Waals surface area contributed by atoms with E-state index in [0.717, 1.165) is 0 Å². The highest BCUT2D eigenvalue weighted by molar-refractivity contribution is 7.89. The van der Waals surface area contributed by atoms with Crippen molar-refractivity contribution in [3.05, 3.63) is 59.9 Å². The van der Waals surface area contributed by atoms with Gasteiger partial charge in [0.1, 0.15) is 0 Å². The highest BCUT2D eigenvalue weighted by Gasteiger charge is 2.46. The summed E-state index contributed by atoms with van der Waals surface area (Å²) in [6.45, 7) is 0.0578. The van der Waals surface area contributed by atoms with Crippen LogP contribution < -0.4 is 10.0 Å². The van der Waals surface area contributed by atoms with Crippen molar-refractivity contribution < 1.29 is 22.0 Å². The molecule has 9 heteroatoms. The van der Waals surface area contributed by atoms with E-state index in [0.29, 0.717) is 16.8 Å². The number of pyridine rings is 1. The van der Waals surface area contributed by atoms with E-state index < -0.39 is 21.9 Å². The van der Waals surface area contributed by atoms with Crippen molar-refractivity contribution in [3.8, 4) is 0 Å². The Labute approximate surface area is 156 Å². The number of nitrogens with zero attached hydrogens (tertiary/aromatic N) is 1. The molecule has 0 aliphatic heterocycles. The van der Waals surface area contributed by atoms with Crippen LogP contribution in [-0.2, 0) is 16.6 Å². The Balaban J connectivity index is 1.50. The van der Waals surface area contributed by atoms with Gasteiger partial charge in [0.15, 0.2) is 0 Å². The quantitative estimate of drug-likeness (QED) is 0.755. The Morgan fingerprint density at radius 1 is 1.19 bits per heavy atom. The Hall–Kier alpha value is -2.39. The van der Waals surface area contributed by atoms with Crippen molar-refractivity contribution >= 4 is 21.6 Å². The fraction of sp³-hybridized carbons (Fsp3) is 0.333. The largest absolute Gasteiger partial charge is 0.322 e. The van der Waals surface area contributed by atoms with E-state index in [2.05, 4.69) is 15.0 Å². The number of carbonyl (C=O) groups excluding carboxylic acids is 1. The van der Waals surface area contributed by atoms with Crippen molar-refractivity contribution in [3.63, 3.8) is 0 Å². The molecule has 1 fully saturated rings. The normalized spacial score (nSPS) is 16.5. The van der Waals surface area contributed by atoms with Crippen molar-refractivity contribution in [1.82, 2.24) is 9.71 Å². The van der Waals surface area contributed by atoms with E-state index >= 15 is 0 Å². The number of rotatable bonds is 7. The number of halogens is 2. The minimum Gasteiger partial charge on any atom is -0.322 e. The molecule has 0 saturated heterocycles. The van der Waals surface area contributed by atoms with Gasteiger partial charge in [0.2, 0.25) is 15.9 Å². The van der Waals surface area contributed by atoms with Crippen molar-refractivity contribution in [2.75, 3.05) is 11.1 Å². The Bertz CT molecular complexity index is 895. The van der Waals surface area contributed by atoms with Gasteiger partial charge in [0.25, 0.3) is 5.91 Å². The average molecular weight is 395 g/mol. The van der Waals surface area contributed by atoms with Crippen molar-refractivity contribution in [1.29, 1.82) is 0 Å². The van der Waals surface area contributed by atoms with Crippen LogP contribution in [0.4, 0.5) is 14.5 Å². The third-order valence-electron chi connectivity index (χ3n) is 4.26. The summed E-state index contributed by atoms with van der Waals surface area (Å²) >= 11 is 0. The molecular weight excluding hydrogens is 376 g/mol. The molecule has 27 heavy (non-hydrogen) atoms. The molecule has 2 N–H and O–H groups in total. The van der Waals surface area contributed by atoms with Crippen LogP contribution in [0.15, 0.2) is 48.8 Å². The van der Waals surface area contributed by atoms with Crippen LogP contribution in [0.2, 0.25) is 0 Å². The molecule has 3 rings (SSSR count). The number of nitrogens with one attached hydrogen (secondary N) is 2. The number of sulfonamides is 1. The first-order valence-corrected chi connectivity index (χ1v) is 10.0. The van der Waals surface area contributed by atoms with Gasteiger partial charge in [-0.2, -0.15) is 0 Å². The van der Waals surface area contributed by atoms with Crippen LogP contribution in [-0.4, -0.2) is 31.0 Å². The highest BCUT2D eigenvalue weighted by Crippen LogP contribution is 2.42. The predicted molar refractivity (Wildman–Crippen MR) is 96.9 cm³/mol. The minimum atomic E-state index is -3.62. The first-order valence-electron chi connectivity index (χ1n) is 8.38. The van der Waals surface area contributed by atoms with Gasteiger partial charge in [-0.1, -0.05) is 12.1 Å². The second kappa shape index (κ2) is 7.69. The van der Waals surface area contributed by atoms with Crippen LogP contribution in [0.1, 0.15) is 28.8 Å². The fourth-order valence-corrected chi connectivity index (χ4v) is 4.23. The number of carbonyl (C=O) groups is 1. The SMILES string of the molecule is O=C(Nc1ccc(CNS(=O)(=O)CC2CC(F)(F)C2)cc1)c1cccnc1. The summed E-state index contributed by atoms with van der Waals surface area (Å²) in [6, 6.07) is 9.98. The van der Waals surface area contributed by atoms with E-state index in [1.807, 2.05) is 0 Å². The minimum absolute atomic E-state index is 0.0578. The predicted octanol–water partition coefficient (Wildman–Crippen LogP) is 2.80. The maximum Gasteiger partial charge on any atom is 0.257 e. The summed E-state index contributed by atoms with van der Waals surface area (Å²) in [5.41, 5.74) is 1.68. The number of anilines is 1. The maximum atomic E-state index is 12.8. The summed E-state index contributed by atoms with van der Waals surface area (Å²) in [6.07, 6.45) is 2.28. The van der Waals surface area contributed by atoms with Gasteiger partial charge in [-0.05, 0) is 35.7 Å².